The number of methoxy groups -OCH3 is 1. The predicted octanol–water partition coefficient (Wildman–Crippen LogP) is -0.362. The number of oxime groups is 1. The summed E-state index contributed by atoms with van der Waals surface area (Å²) in [6.45, 7) is 0.0455. The number of carboxylic acids is 1. The molecular weight excluding hydrogens is 398 g/mol. The lowest BCUT2D eigenvalue weighted by Gasteiger charge is -2.53. The van der Waals surface area contributed by atoms with E-state index in [-0.39, 0.29) is 41.0 Å². The number of aliphatic carboxylic acids is 1. The van der Waals surface area contributed by atoms with E-state index >= 15 is 0 Å². The van der Waals surface area contributed by atoms with E-state index in [0.29, 0.717) is 5.57 Å². The fourth-order valence-corrected chi connectivity index (χ4v) is 4.73. The zero-order valence-corrected chi connectivity index (χ0v) is 15.6. The van der Waals surface area contributed by atoms with E-state index in [4.69, 9.17) is 10.5 Å². The van der Waals surface area contributed by atoms with E-state index in [9.17, 15) is 24.7 Å². The van der Waals surface area contributed by atoms with Gasteiger partial charge in [-0.2, -0.15) is 0 Å². The summed E-state index contributed by atoms with van der Waals surface area (Å²) >= 11 is 2.24. The highest BCUT2D eigenvalue weighted by atomic mass is 32.2. The van der Waals surface area contributed by atoms with Crippen LogP contribution in [0.3, 0.4) is 0 Å². The number of thioether (sulfide) groups is 1. The molecule has 0 aromatic carbocycles. The average molecular weight is 413 g/mol. The molecule has 1 fully saturated rings. The minimum atomic E-state index is -1.29. The highest BCUT2D eigenvalue weighted by Gasteiger charge is 2.58. The monoisotopic (exact) mass is 413 g/mol. The van der Waals surface area contributed by atoms with Crippen LogP contribution in [0.5, 0.6) is 0 Å². The molecule has 2 aliphatic heterocycles. The molecule has 27 heavy (non-hydrogen) atoms. The summed E-state index contributed by atoms with van der Waals surface area (Å²) in [6, 6.07) is 0. The Morgan fingerprint density at radius 2 is 2.30 bits per heavy atom. The fraction of sp³-hybridized carbons (Fsp3) is 0.357. The van der Waals surface area contributed by atoms with E-state index in [2.05, 4.69) is 15.5 Å². The number of nitrogen functional groups attached to an aromatic ring is 1. The number of hydrogen-bond donors (Lipinski definition) is 4. The number of nitrogens with two attached hydrogens (primary N) is 1. The Balaban J connectivity index is 1.89. The summed E-state index contributed by atoms with van der Waals surface area (Å²) < 4.78 is 5.00. The standard InChI is InChI=1S/C14H15N5O6S2/c1-25-3-6-4-27-14(2-8(20)19(14)10(6)12(22)23)17-11(21)9(18-24)7-5-26-13(15)16-7/h5,24H,2-4H2,1H3,(H2,15,16)(H,17,21)(H,22,23)/b18-9-/t14-/m0/s1. The van der Waals surface area contributed by atoms with Gasteiger partial charge in [0.15, 0.2) is 15.8 Å². The minimum Gasteiger partial charge on any atom is -0.477 e. The van der Waals surface area contributed by atoms with E-state index in [1.807, 2.05) is 0 Å². The third-order valence-corrected chi connectivity index (χ3v) is 6.03. The largest absolute Gasteiger partial charge is 0.477 e. The number of carbonyl (C=O) groups excluding carboxylic acids is 2. The number of rotatable bonds is 6. The summed E-state index contributed by atoms with van der Waals surface area (Å²) in [6.07, 6.45) is -0.0988. The average Bonchev–Trinajstić information content (AvgIpc) is 3.02. The van der Waals surface area contributed by atoms with Crippen molar-refractivity contribution in [1.29, 1.82) is 0 Å². The Morgan fingerprint density at radius 3 is 2.81 bits per heavy atom. The SMILES string of the molecule is COCC1=C(C(=O)O)N2C(=O)C[C@@]2(NC(=O)/C(=N\O)c2csc(N)n2)SC1. The van der Waals surface area contributed by atoms with Crippen molar-refractivity contribution in [2.75, 3.05) is 25.2 Å². The zero-order chi connectivity index (χ0) is 19.8. The molecule has 1 atom stereocenters. The van der Waals surface area contributed by atoms with Gasteiger partial charge in [0.1, 0.15) is 11.4 Å². The van der Waals surface area contributed by atoms with Crippen molar-refractivity contribution in [1.82, 2.24) is 15.2 Å². The number of β-lactam (4-membered cyclic amide) rings is 1. The van der Waals surface area contributed by atoms with Crippen LogP contribution in [0, 0.1) is 0 Å². The van der Waals surface area contributed by atoms with Crippen LogP contribution in [0.15, 0.2) is 21.8 Å². The van der Waals surface area contributed by atoms with Crippen LogP contribution in [-0.2, 0) is 19.1 Å². The van der Waals surface area contributed by atoms with Gasteiger partial charge in [-0.15, -0.1) is 23.1 Å². The molecule has 11 nitrogen and oxygen atoms in total. The van der Waals surface area contributed by atoms with Crippen molar-refractivity contribution in [2.45, 2.75) is 11.4 Å². The van der Waals surface area contributed by atoms with Gasteiger partial charge in [-0.25, -0.2) is 9.78 Å². The molecule has 0 bridgehead atoms. The van der Waals surface area contributed by atoms with Crippen LogP contribution < -0.4 is 11.1 Å². The second-order valence-electron chi connectivity index (χ2n) is 5.64. The van der Waals surface area contributed by atoms with Crippen LogP contribution in [0.25, 0.3) is 0 Å². The van der Waals surface area contributed by atoms with Gasteiger partial charge in [0.05, 0.1) is 13.0 Å². The first-order chi connectivity index (χ1) is 12.8. The molecule has 0 aliphatic carbocycles. The topological polar surface area (TPSA) is 167 Å². The second-order valence-corrected chi connectivity index (χ2v) is 7.79. The second kappa shape index (κ2) is 7.17. The van der Waals surface area contributed by atoms with Crippen molar-refractivity contribution in [2.24, 2.45) is 5.16 Å². The summed E-state index contributed by atoms with van der Waals surface area (Å²) in [5.74, 6) is -2.31. The van der Waals surface area contributed by atoms with Gasteiger partial charge < -0.3 is 26.1 Å². The molecule has 2 amide bonds. The Hall–Kier alpha value is -2.64. The Kier molecular flexibility index (Phi) is 5.08. The number of nitrogens with zero attached hydrogens (tertiary/aromatic N) is 3. The highest BCUT2D eigenvalue weighted by Crippen LogP contribution is 2.47. The maximum Gasteiger partial charge on any atom is 0.352 e. The van der Waals surface area contributed by atoms with Gasteiger partial charge in [-0.3, -0.25) is 14.5 Å². The maximum atomic E-state index is 12.6. The number of anilines is 1. The molecule has 0 saturated carbocycles. The summed E-state index contributed by atoms with van der Waals surface area (Å²) in [5, 5.41) is 25.9. The summed E-state index contributed by atoms with van der Waals surface area (Å²) in [4.78, 5) is 40.1. The van der Waals surface area contributed by atoms with Crippen molar-refractivity contribution >= 4 is 51.7 Å². The van der Waals surface area contributed by atoms with Gasteiger partial charge in [-0.05, 0) is 5.57 Å². The molecular formula is C14H15N5O6S2. The third kappa shape index (κ3) is 3.24. The van der Waals surface area contributed by atoms with Crippen LogP contribution >= 0.6 is 23.1 Å². The van der Waals surface area contributed by atoms with Crippen LogP contribution in [0.1, 0.15) is 12.1 Å². The first-order valence-electron chi connectivity index (χ1n) is 7.50. The summed E-state index contributed by atoms with van der Waals surface area (Å²) in [5.41, 5.74) is 5.42. The number of ether oxygens (including phenoxy) is 1. The van der Waals surface area contributed by atoms with Crippen molar-refractivity contribution < 1.29 is 29.4 Å². The molecule has 1 aromatic heterocycles. The zero-order valence-electron chi connectivity index (χ0n) is 14.0. The lowest BCUT2D eigenvalue weighted by molar-refractivity contribution is -0.154. The lowest BCUT2D eigenvalue weighted by atomic mass is 10.0. The van der Waals surface area contributed by atoms with E-state index in [1.54, 1.807) is 0 Å². The lowest BCUT2D eigenvalue weighted by Crippen LogP contribution is -2.72. The third-order valence-electron chi connectivity index (χ3n) is 3.95. The predicted molar refractivity (Wildman–Crippen MR) is 96.2 cm³/mol. The van der Waals surface area contributed by atoms with Crippen molar-refractivity contribution in [3.05, 3.63) is 22.3 Å². The highest BCUT2D eigenvalue weighted by molar-refractivity contribution is 8.01. The molecule has 3 rings (SSSR count). The van der Waals surface area contributed by atoms with Crippen molar-refractivity contribution in [3.8, 4) is 0 Å². The number of carbonyl (C=O) groups is 3. The molecule has 0 radical (unpaired) electrons. The van der Waals surface area contributed by atoms with Crippen LogP contribution in [-0.4, -0.2) is 68.2 Å². The van der Waals surface area contributed by atoms with E-state index in [0.717, 1.165) is 16.2 Å². The maximum absolute atomic E-state index is 12.6. The minimum absolute atomic E-state index is 0.0455. The first-order valence-corrected chi connectivity index (χ1v) is 9.36. The number of amides is 2. The van der Waals surface area contributed by atoms with Gasteiger partial charge >= 0.3 is 5.97 Å². The van der Waals surface area contributed by atoms with Crippen LogP contribution in [0.2, 0.25) is 0 Å². The molecule has 3 heterocycles. The van der Waals surface area contributed by atoms with E-state index in [1.165, 1.54) is 24.3 Å². The molecule has 1 aromatic rings. The Bertz CT molecular complexity index is 881. The number of nitrogens with one attached hydrogen (secondary N) is 1. The number of carboxylic acid groups (broad SMARTS) is 1. The number of thiazole rings is 1. The molecule has 5 N–H and O–H groups in total. The smallest absolute Gasteiger partial charge is 0.352 e. The van der Waals surface area contributed by atoms with Gasteiger partial charge in [0, 0.05) is 18.2 Å². The fourth-order valence-electron chi connectivity index (χ4n) is 2.84. The molecule has 2 aliphatic rings. The molecule has 13 heteroatoms. The number of hydrogen-bond acceptors (Lipinski definition) is 10. The van der Waals surface area contributed by atoms with Crippen LogP contribution in [0.4, 0.5) is 5.13 Å². The molecule has 0 unspecified atom stereocenters. The number of fused-ring (bicyclic) bond motifs is 1. The molecule has 0 spiro atoms. The van der Waals surface area contributed by atoms with E-state index < -0.39 is 22.8 Å². The number of aromatic nitrogens is 1. The molecule has 144 valence electrons. The molecule has 1 saturated heterocycles. The Morgan fingerprint density at radius 1 is 1.56 bits per heavy atom. The first kappa shape index (κ1) is 19.1. The summed E-state index contributed by atoms with van der Waals surface area (Å²) in [7, 11) is 1.42. The van der Waals surface area contributed by atoms with Gasteiger partial charge in [-0.1, -0.05) is 5.16 Å². The van der Waals surface area contributed by atoms with Gasteiger partial charge in [0.2, 0.25) is 5.91 Å². The van der Waals surface area contributed by atoms with Crippen molar-refractivity contribution in [3.63, 3.8) is 0 Å². The van der Waals surface area contributed by atoms with Gasteiger partial charge in [0.25, 0.3) is 5.91 Å². The normalized spacial score (nSPS) is 22.3. The quantitative estimate of drug-likeness (QED) is 0.211. The Labute approximate surface area is 160 Å².